The number of fused-ring (bicyclic) bond motifs is 1. The fourth-order valence-electron chi connectivity index (χ4n) is 3.26. The number of hydrogen-bond acceptors (Lipinski definition) is 5. The SMILES string of the molecule is CSc1cc2c(cc1CN1C[C@@H](C(F)(F)F)[C@H](C(=O)O)C1)OCCO2. The zero-order chi connectivity index (χ0) is 18.2. The van der Waals surface area contributed by atoms with Gasteiger partial charge >= 0.3 is 12.1 Å². The third-order valence-electron chi connectivity index (χ3n) is 4.47. The Bertz CT molecular complexity index is 668. The molecule has 1 N–H and O–H groups in total. The van der Waals surface area contributed by atoms with Gasteiger partial charge in [-0.2, -0.15) is 13.2 Å². The molecule has 0 bridgehead atoms. The van der Waals surface area contributed by atoms with E-state index in [0.717, 1.165) is 10.5 Å². The van der Waals surface area contributed by atoms with E-state index in [1.165, 1.54) is 11.8 Å². The van der Waals surface area contributed by atoms with Crippen molar-refractivity contribution in [3.8, 4) is 11.5 Å². The van der Waals surface area contributed by atoms with Crippen LogP contribution in [0, 0.1) is 11.8 Å². The quantitative estimate of drug-likeness (QED) is 0.815. The molecule has 5 nitrogen and oxygen atoms in total. The molecule has 0 aromatic heterocycles. The Morgan fingerprint density at radius 3 is 2.44 bits per heavy atom. The highest BCUT2D eigenvalue weighted by atomic mass is 32.2. The number of hydrogen-bond donors (Lipinski definition) is 1. The van der Waals surface area contributed by atoms with Crippen molar-refractivity contribution in [2.45, 2.75) is 17.6 Å². The third kappa shape index (κ3) is 3.82. The van der Waals surface area contributed by atoms with E-state index < -0.39 is 24.0 Å². The Morgan fingerprint density at radius 2 is 1.92 bits per heavy atom. The second-order valence-corrected chi connectivity index (χ2v) is 6.94. The van der Waals surface area contributed by atoms with Crippen LogP contribution in [0.15, 0.2) is 17.0 Å². The molecule has 0 saturated carbocycles. The molecule has 0 radical (unpaired) electrons. The van der Waals surface area contributed by atoms with Crippen molar-refractivity contribution in [2.75, 3.05) is 32.6 Å². The van der Waals surface area contributed by atoms with Gasteiger partial charge in [0.25, 0.3) is 0 Å². The number of rotatable bonds is 4. The van der Waals surface area contributed by atoms with Crippen LogP contribution in [0.5, 0.6) is 11.5 Å². The van der Waals surface area contributed by atoms with Gasteiger partial charge in [-0.3, -0.25) is 9.69 Å². The standard InChI is InChI=1S/C16H18F3NO4S/c1-25-14-5-13-12(23-2-3-24-13)4-9(14)6-20-7-10(15(21)22)11(8-20)16(17,18)19/h4-5,10-11H,2-3,6-8H2,1H3,(H,21,22)/t10-,11-/m1/s1. The predicted molar refractivity (Wildman–Crippen MR) is 85.2 cm³/mol. The van der Waals surface area contributed by atoms with E-state index in [1.807, 2.05) is 12.3 Å². The fraction of sp³-hybridized carbons (Fsp3) is 0.562. The number of halogens is 3. The lowest BCUT2D eigenvalue weighted by Gasteiger charge is -2.23. The minimum Gasteiger partial charge on any atom is -0.486 e. The summed E-state index contributed by atoms with van der Waals surface area (Å²) in [6.45, 7) is 0.680. The first-order chi connectivity index (χ1) is 11.8. The van der Waals surface area contributed by atoms with Crippen LogP contribution in [0.2, 0.25) is 0 Å². The molecular formula is C16H18F3NO4S. The second-order valence-electron chi connectivity index (χ2n) is 6.09. The third-order valence-corrected chi connectivity index (χ3v) is 5.29. The van der Waals surface area contributed by atoms with Crippen LogP contribution in [-0.4, -0.2) is 54.7 Å². The lowest BCUT2D eigenvalue weighted by atomic mass is 9.96. The predicted octanol–water partition coefficient (Wildman–Crippen LogP) is 2.87. The lowest BCUT2D eigenvalue weighted by Crippen LogP contribution is -2.33. The van der Waals surface area contributed by atoms with Gasteiger partial charge in [-0.15, -0.1) is 11.8 Å². The van der Waals surface area contributed by atoms with Crippen LogP contribution >= 0.6 is 11.8 Å². The maximum Gasteiger partial charge on any atom is 0.393 e. The summed E-state index contributed by atoms with van der Waals surface area (Å²) < 4.78 is 50.4. The molecule has 25 heavy (non-hydrogen) atoms. The molecule has 2 aliphatic rings. The molecule has 2 atom stereocenters. The number of ether oxygens (including phenoxy) is 2. The van der Waals surface area contributed by atoms with Gasteiger partial charge < -0.3 is 14.6 Å². The summed E-state index contributed by atoms with van der Waals surface area (Å²) in [6.07, 6.45) is -2.65. The lowest BCUT2D eigenvalue weighted by molar-refractivity contribution is -0.188. The number of nitrogens with zero attached hydrogens (tertiary/aromatic N) is 1. The zero-order valence-corrected chi connectivity index (χ0v) is 14.3. The van der Waals surface area contributed by atoms with Crippen LogP contribution in [0.25, 0.3) is 0 Å². The van der Waals surface area contributed by atoms with Crippen molar-refractivity contribution in [3.63, 3.8) is 0 Å². The molecule has 1 aromatic rings. The Hall–Kier alpha value is -1.61. The summed E-state index contributed by atoms with van der Waals surface area (Å²) in [6, 6.07) is 3.59. The van der Waals surface area contributed by atoms with Crippen molar-refractivity contribution < 1.29 is 32.5 Å². The average Bonchev–Trinajstić information content (AvgIpc) is 2.98. The molecule has 1 aromatic carbocycles. The van der Waals surface area contributed by atoms with Gasteiger partial charge in [0.05, 0.1) is 11.8 Å². The topological polar surface area (TPSA) is 59.0 Å². The summed E-state index contributed by atoms with van der Waals surface area (Å²) >= 11 is 1.46. The number of alkyl halides is 3. The average molecular weight is 377 g/mol. The largest absolute Gasteiger partial charge is 0.486 e. The molecular weight excluding hydrogens is 359 g/mol. The minimum atomic E-state index is -4.52. The molecule has 2 heterocycles. The van der Waals surface area contributed by atoms with Crippen LogP contribution in [0.1, 0.15) is 5.56 Å². The monoisotopic (exact) mass is 377 g/mol. The number of benzene rings is 1. The molecule has 138 valence electrons. The van der Waals surface area contributed by atoms with E-state index in [9.17, 15) is 18.0 Å². The van der Waals surface area contributed by atoms with Crippen molar-refractivity contribution in [1.29, 1.82) is 0 Å². The number of thioether (sulfide) groups is 1. The van der Waals surface area contributed by atoms with Crippen LogP contribution in [0.3, 0.4) is 0 Å². The van der Waals surface area contributed by atoms with E-state index in [4.69, 9.17) is 14.6 Å². The molecule has 0 spiro atoms. The first-order valence-electron chi connectivity index (χ1n) is 7.78. The van der Waals surface area contributed by atoms with Gasteiger partial charge in [0.1, 0.15) is 13.2 Å². The minimum absolute atomic E-state index is 0.123. The summed E-state index contributed by atoms with van der Waals surface area (Å²) in [4.78, 5) is 13.6. The first-order valence-corrected chi connectivity index (χ1v) is 9.00. The van der Waals surface area contributed by atoms with Gasteiger partial charge in [0, 0.05) is 24.5 Å². The summed E-state index contributed by atoms with van der Waals surface area (Å²) in [7, 11) is 0. The van der Waals surface area contributed by atoms with Crippen LogP contribution in [0.4, 0.5) is 13.2 Å². The summed E-state index contributed by atoms with van der Waals surface area (Å²) in [5, 5.41) is 9.12. The number of aliphatic carboxylic acids is 1. The van der Waals surface area contributed by atoms with Crippen molar-refractivity contribution in [3.05, 3.63) is 17.7 Å². The smallest absolute Gasteiger partial charge is 0.393 e. The Kier molecular flexibility index (Phi) is 5.06. The molecule has 1 saturated heterocycles. The van der Waals surface area contributed by atoms with Crippen molar-refractivity contribution >= 4 is 17.7 Å². The molecule has 9 heteroatoms. The van der Waals surface area contributed by atoms with Crippen molar-refractivity contribution in [1.82, 2.24) is 4.90 Å². The van der Waals surface area contributed by atoms with E-state index in [0.29, 0.717) is 24.7 Å². The second kappa shape index (κ2) is 6.95. The number of carboxylic acids is 1. The zero-order valence-electron chi connectivity index (χ0n) is 13.5. The Balaban J connectivity index is 1.81. The van der Waals surface area contributed by atoms with E-state index in [-0.39, 0.29) is 19.6 Å². The normalized spacial score (nSPS) is 23.7. The maximum absolute atomic E-state index is 13.1. The van der Waals surface area contributed by atoms with Gasteiger partial charge in [-0.05, 0) is 24.0 Å². The van der Waals surface area contributed by atoms with Gasteiger partial charge in [0.15, 0.2) is 11.5 Å². The Labute approximate surface area is 147 Å². The number of likely N-dealkylation sites (tertiary alicyclic amines) is 1. The van der Waals surface area contributed by atoms with E-state index in [2.05, 4.69) is 0 Å². The van der Waals surface area contributed by atoms with Gasteiger partial charge in [-0.25, -0.2) is 0 Å². The molecule has 2 aliphatic heterocycles. The molecule has 0 unspecified atom stereocenters. The van der Waals surface area contributed by atoms with Gasteiger partial charge in [-0.1, -0.05) is 0 Å². The number of carboxylic acid groups (broad SMARTS) is 1. The van der Waals surface area contributed by atoms with Crippen LogP contribution < -0.4 is 9.47 Å². The molecule has 3 rings (SSSR count). The summed E-state index contributed by atoms with van der Waals surface area (Å²) in [5.74, 6) is -3.50. The van der Waals surface area contributed by atoms with Gasteiger partial charge in [0.2, 0.25) is 0 Å². The summed E-state index contributed by atoms with van der Waals surface area (Å²) in [5.41, 5.74) is 0.809. The van der Waals surface area contributed by atoms with E-state index >= 15 is 0 Å². The number of carbonyl (C=O) groups is 1. The highest BCUT2D eigenvalue weighted by Gasteiger charge is 2.52. The highest BCUT2D eigenvalue weighted by Crippen LogP contribution is 2.40. The van der Waals surface area contributed by atoms with E-state index in [1.54, 1.807) is 11.0 Å². The highest BCUT2D eigenvalue weighted by molar-refractivity contribution is 7.98. The van der Waals surface area contributed by atoms with Crippen LogP contribution in [-0.2, 0) is 11.3 Å². The fourth-order valence-corrected chi connectivity index (χ4v) is 3.87. The molecule has 0 amide bonds. The molecule has 0 aliphatic carbocycles. The van der Waals surface area contributed by atoms with Crippen molar-refractivity contribution in [2.24, 2.45) is 11.8 Å². The molecule has 1 fully saturated rings. The maximum atomic E-state index is 13.1. The Morgan fingerprint density at radius 1 is 1.28 bits per heavy atom. The first kappa shape index (κ1) is 18.2.